The number of halogens is 2. The Morgan fingerprint density at radius 3 is 2.83 bits per heavy atom. The fourth-order valence-corrected chi connectivity index (χ4v) is 7.33. The zero-order valence-corrected chi connectivity index (χ0v) is 24.0. The SMILES string of the molecule is CCC1C=CC(F)=C(NC2CC3CC(NC(=O)N4CCOCC4)C2C3)N=C1c1c[nH]c2/c1=C\C(Cl)=CC(C)C\C=2. The number of rotatable bonds is 5. The summed E-state index contributed by atoms with van der Waals surface area (Å²) < 4.78 is 20.9. The van der Waals surface area contributed by atoms with Crippen LogP contribution in [-0.4, -0.2) is 60.0 Å². The molecule has 0 aromatic carbocycles. The van der Waals surface area contributed by atoms with Gasteiger partial charge in [-0.1, -0.05) is 43.7 Å². The fraction of sp³-hybridized carbons (Fsp3) is 0.548. The molecule has 3 fully saturated rings. The molecule has 214 valence electrons. The first kappa shape index (κ1) is 27.3. The summed E-state index contributed by atoms with van der Waals surface area (Å²) in [6, 6.07) is 0.110. The Morgan fingerprint density at radius 1 is 1.25 bits per heavy atom. The molecular weight excluding hydrogens is 529 g/mol. The van der Waals surface area contributed by atoms with Crippen LogP contribution in [0.15, 0.2) is 46.1 Å². The number of hydrogen-bond acceptors (Lipinski definition) is 4. The van der Waals surface area contributed by atoms with Gasteiger partial charge in [0.2, 0.25) is 0 Å². The molecule has 2 bridgehead atoms. The van der Waals surface area contributed by atoms with Gasteiger partial charge >= 0.3 is 6.03 Å². The maximum Gasteiger partial charge on any atom is 0.317 e. The zero-order chi connectivity index (χ0) is 27.8. The number of aliphatic imine (C=N–C) groups is 1. The number of carbonyl (C=O) groups excluding carboxylic acids is 1. The summed E-state index contributed by atoms with van der Waals surface area (Å²) in [4.78, 5) is 23.1. The van der Waals surface area contributed by atoms with Gasteiger partial charge < -0.3 is 25.3 Å². The monoisotopic (exact) mass is 567 g/mol. The number of fused-ring (bicyclic) bond motifs is 3. The number of ether oxygens (including phenoxy) is 1. The van der Waals surface area contributed by atoms with Crippen molar-refractivity contribution in [3.63, 3.8) is 0 Å². The first-order chi connectivity index (χ1) is 19.4. The van der Waals surface area contributed by atoms with E-state index in [1.165, 1.54) is 0 Å². The molecule has 0 spiro atoms. The van der Waals surface area contributed by atoms with Crippen LogP contribution < -0.4 is 21.2 Å². The molecule has 6 rings (SSSR count). The summed E-state index contributed by atoms with van der Waals surface area (Å²) in [5, 5.41) is 9.48. The van der Waals surface area contributed by atoms with Crippen molar-refractivity contribution in [2.45, 2.75) is 58.0 Å². The van der Waals surface area contributed by atoms with Crippen molar-refractivity contribution in [1.82, 2.24) is 20.5 Å². The Morgan fingerprint density at radius 2 is 2.05 bits per heavy atom. The van der Waals surface area contributed by atoms with Gasteiger partial charge in [-0.25, -0.2) is 14.2 Å². The maximum atomic E-state index is 15.5. The molecule has 40 heavy (non-hydrogen) atoms. The minimum atomic E-state index is -0.356. The van der Waals surface area contributed by atoms with Crippen LogP contribution in [0.2, 0.25) is 0 Å². The zero-order valence-electron chi connectivity index (χ0n) is 23.3. The van der Waals surface area contributed by atoms with Crippen molar-refractivity contribution in [3.05, 3.63) is 57.2 Å². The van der Waals surface area contributed by atoms with E-state index in [-0.39, 0.29) is 41.6 Å². The predicted octanol–water partition coefficient (Wildman–Crippen LogP) is 4.06. The van der Waals surface area contributed by atoms with E-state index in [0.717, 1.165) is 53.9 Å². The van der Waals surface area contributed by atoms with Crippen LogP contribution in [0.1, 0.15) is 51.5 Å². The summed E-state index contributed by atoms with van der Waals surface area (Å²) in [5.41, 5.74) is 1.77. The van der Waals surface area contributed by atoms with Crippen molar-refractivity contribution < 1.29 is 13.9 Å². The molecule has 6 atom stereocenters. The van der Waals surface area contributed by atoms with E-state index in [1.54, 1.807) is 6.08 Å². The molecule has 6 unspecified atom stereocenters. The van der Waals surface area contributed by atoms with Crippen LogP contribution >= 0.6 is 11.6 Å². The van der Waals surface area contributed by atoms with E-state index in [9.17, 15) is 4.79 Å². The number of morpholine rings is 1. The lowest BCUT2D eigenvalue weighted by Gasteiger charge is -2.34. The lowest BCUT2D eigenvalue weighted by molar-refractivity contribution is 0.0517. The molecule has 1 saturated heterocycles. The molecule has 1 aromatic rings. The Hall–Kier alpha value is -2.84. The predicted molar refractivity (Wildman–Crippen MR) is 157 cm³/mol. The number of nitrogens with zero attached hydrogens (tertiary/aromatic N) is 2. The van der Waals surface area contributed by atoms with Crippen LogP contribution in [0.25, 0.3) is 12.2 Å². The van der Waals surface area contributed by atoms with E-state index < -0.39 is 0 Å². The second-order valence-electron chi connectivity index (χ2n) is 11.9. The molecule has 5 aliphatic rings. The Bertz CT molecular complexity index is 1390. The minimum absolute atomic E-state index is 0.0207. The van der Waals surface area contributed by atoms with Gasteiger partial charge in [0, 0.05) is 58.5 Å². The average molecular weight is 568 g/mol. The van der Waals surface area contributed by atoms with Crippen molar-refractivity contribution in [1.29, 1.82) is 0 Å². The largest absolute Gasteiger partial charge is 0.378 e. The highest BCUT2D eigenvalue weighted by Crippen LogP contribution is 2.45. The number of H-pyrrole nitrogens is 1. The third kappa shape index (κ3) is 5.53. The third-order valence-electron chi connectivity index (χ3n) is 9.12. The van der Waals surface area contributed by atoms with Gasteiger partial charge in [0.15, 0.2) is 11.6 Å². The van der Waals surface area contributed by atoms with Crippen LogP contribution in [0.4, 0.5) is 9.18 Å². The van der Waals surface area contributed by atoms with Crippen molar-refractivity contribution in [3.8, 4) is 0 Å². The van der Waals surface area contributed by atoms with Crippen molar-refractivity contribution in [2.24, 2.45) is 28.7 Å². The highest BCUT2D eigenvalue weighted by molar-refractivity contribution is 6.34. The van der Waals surface area contributed by atoms with Gasteiger partial charge in [-0.3, -0.25) is 0 Å². The average Bonchev–Trinajstić information content (AvgIpc) is 3.61. The Balaban J connectivity index is 1.26. The Kier molecular flexibility index (Phi) is 7.91. The molecule has 3 N–H and O–H groups in total. The van der Waals surface area contributed by atoms with Crippen molar-refractivity contribution >= 4 is 35.5 Å². The number of allylic oxidation sites excluding steroid dienone is 5. The van der Waals surface area contributed by atoms with Crippen LogP contribution in [0.5, 0.6) is 0 Å². The standard InChI is InChI=1S/C31H39ClFN5O2/c1-3-20-5-6-25(33)30(37-29(20)24-17-34-26-7-4-18(2)12-21(32)16-22(24)26)35-27-14-19-13-23(27)28(15-19)36-31(39)38-8-10-40-11-9-38/h5-7,12,16-20,23,27-28,34-35H,3-4,8-11,13-15H2,1-2H3,(H,36,39)/b21-12?,22-16-,26-7+. The van der Waals surface area contributed by atoms with Crippen LogP contribution in [-0.2, 0) is 4.74 Å². The number of amides is 2. The van der Waals surface area contributed by atoms with Gasteiger partial charge in [0.25, 0.3) is 0 Å². The van der Waals surface area contributed by atoms with E-state index in [2.05, 4.69) is 41.6 Å². The smallest absolute Gasteiger partial charge is 0.317 e. The van der Waals surface area contributed by atoms with Crippen molar-refractivity contribution in [2.75, 3.05) is 26.3 Å². The molecule has 9 heteroatoms. The lowest BCUT2D eigenvalue weighted by Crippen LogP contribution is -2.53. The second kappa shape index (κ2) is 11.6. The highest BCUT2D eigenvalue weighted by Gasteiger charge is 2.47. The van der Waals surface area contributed by atoms with Gasteiger partial charge in [-0.05, 0) is 62.0 Å². The number of aromatic amines is 1. The second-order valence-corrected chi connectivity index (χ2v) is 12.3. The summed E-state index contributed by atoms with van der Waals surface area (Å²) in [7, 11) is 0. The number of nitrogens with one attached hydrogen (secondary N) is 3. The summed E-state index contributed by atoms with van der Waals surface area (Å²) in [6.07, 6.45) is 16.3. The topological polar surface area (TPSA) is 81.8 Å². The van der Waals surface area contributed by atoms with E-state index in [4.69, 9.17) is 21.3 Å². The third-order valence-corrected chi connectivity index (χ3v) is 9.35. The molecule has 2 amide bonds. The number of hydrogen-bond donors (Lipinski definition) is 3. The molecule has 3 aliphatic carbocycles. The molecule has 2 aliphatic heterocycles. The molecule has 2 saturated carbocycles. The van der Waals surface area contributed by atoms with Gasteiger partial charge in [0.1, 0.15) is 0 Å². The molecular formula is C31H39ClFN5O2. The molecule has 7 nitrogen and oxygen atoms in total. The number of aromatic nitrogens is 1. The molecule has 0 radical (unpaired) electrons. The van der Waals surface area contributed by atoms with E-state index in [0.29, 0.717) is 43.2 Å². The summed E-state index contributed by atoms with van der Waals surface area (Å²) in [5.74, 6) is 0.988. The van der Waals surface area contributed by atoms with E-state index in [1.807, 2.05) is 23.2 Å². The van der Waals surface area contributed by atoms with Crippen LogP contribution in [0.3, 0.4) is 0 Å². The summed E-state index contributed by atoms with van der Waals surface area (Å²) >= 11 is 6.59. The normalized spacial score (nSPS) is 33.5. The van der Waals surface area contributed by atoms with Gasteiger partial charge in [-0.2, -0.15) is 0 Å². The minimum Gasteiger partial charge on any atom is -0.378 e. The number of carbonyl (C=O) groups is 1. The number of urea groups is 1. The fourth-order valence-electron chi connectivity index (χ4n) is 7.01. The van der Waals surface area contributed by atoms with Gasteiger partial charge in [0.05, 0.1) is 18.9 Å². The van der Waals surface area contributed by atoms with E-state index >= 15 is 4.39 Å². The maximum absolute atomic E-state index is 15.5. The first-order valence-electron chi connectivity index (χ1n) is 14.7. The Labute approximate surface area is 240 Å². The molecule has 1 aromatic heterocycles. The lowest BCUT2D eigenvalue weighted by atomic mass is 9.90. The summed E-state index contributed by atoms with van der Waals surface area (Å²) in [6.45, 7) is 6.64. The highest BCUT2D eigenvalue weighted by atomic mass is 35.5. The van der Waals surface area contributed by atoms with Crippen LogP contribution in [0, 0.1) is 23.7 Å². The van der Waals surface area contributed by atoms with Gasteiger partial charge in [-0.15, -0.1) is 0 Å². The quantitative estimate of drug-likeness (QED) is 0.502. The first-order valence-corrected chi connectivity index (χ1v) is 15.1. The molecule has 3 heterocycles.